The largest absolute Gasteiger partial charge is 0.507 e. The molecule has 0 radical (unpaired) electrons. The van der Waals surface area contributed by atoms with E-state index in [4.69, 9.17) is 0 Å². The minimum atomic E-state index is 0.349. The van der Waals surface area contributed by atoms with Gasteiger partial charge < -0.3 is 10.1 Å². The second-order valence-corrected chi connectivity index (χ2v) is 6.95. The molecule has 0 fully saturated rings. The first-order valence-corrected chi connectivity index (χ1v) is 9.38. The van der Waals surface area contributed by atoms with Crippen LogP contribution in [0.4, 0.5) is 0 Å². The fraction of sp³-hybridized carbons (Fsp3) is 0.167. The van der Waals surface area contributed by atoms with Crippen LogP contribution in [0.25, 0.3) is 10.9 Å². The summed E-state index contributed by atoms with van der Waals surface area (Å²) in [5.74, 6) is 0.349. The second kappa shape index (κ2) is 8.11. The monoisotopic (exact) mass is 356 g/mol. The summed E-state index contributed by atoms with van der Waals surface area (Å²) in [4.78, 5) is 5.74. The van der Waals surface area contributed by atoms with Crippen molar-refractivity contribution in [3.05, 3.63) is 102 Å². The van der Waals surface area contributed by atoms with Crippen LogP contribution in [0, 0.1) is 0 Å². The molecule has 0 aliphatic heterocycles. The molecule has 0 saturated carbocycles. The van der Waals surface area contributed by atoms with Crippen LogP contribution in [-0.2, 0) is 19.5 Å². The molecule has 136 valence electrons. The number of hydrogen-bond acceptors (Lipinski definition) is 2. The zero-order valence-corrected chi connectivity index (χ0v) is 15.3. The average Bonchev–Trinajstić information content (AvgIpc) is 3.12. The highest BCUT2D eigenvalue weighted by atomic mass is 16.3. The summed E-state index contributed by atoms with van der Waals surface area (Å²) < 4.78 is 0. The van der Waals surface area contributed by atoms with Gasteiger partial charge in [-0.3, -0.25) is 4.90 Å². The van der Waals surface area contributed by atoms with Crippen LogP contribution in [0.2, 0.25) is 0 Å². The number of nitrogens with one attached hydrogen (secondary N) is 1. The molecule has 3 nitrogen and oxygen atoms in total. The summed E-state index contributed by atoms with van der Waals surface area (Å²) in [5.41, 5.74) is 4.78. The summed E-state index contributed by atoms with van der Waals surface area (Å²) in [6.45, 7) is 2.74. The number of hydrogen-bond donors (Lipinski definition) is 2. The van der Waals surface area contributed by atoms with Crippen molar-refractivity contribution in [2.24, 2.45) is 0 Å². The van der Waals surface area contributed by atoms with Gasteiger partial charge in [0.1, 0.15) is 5.75 Å². The first-order valence-electron chi connectivity index (χ1n) is 9.38. The van der Waals surface area contributed by atoms with E-state index >= 15 is 0 Å². The van der Waals surface area contributed by atoms with Crippen LogP contribution in [0.5, 0.6) is 5.75 Å². The lowest BCUT2D eigenvalue weighted by molar-refractivity contribution is 0.260. The molecular weight excluding hydrogens is 332 g/mol. The van der Waals surface area contributed by atoms with Crippen molar-refractivity contribution < 1.29 is 5.11 Å². The number of benzene rings is 3. The van der Waals surface area contributed by atoms with E-state index in [9.17, 15) is 5.11 Å². The van der Waals surface area contributed by atoms with Gasteiger partial charge in [0, 0.05) is 36.7 Å². The molecule has 0 aliphatic rings. The normalized spacial score (nSPS) is 11.3. The molecule has 1 heterocycles. The lowest BCUT2D eigenvalue weighted by Gasteiger charge is -2.22. The predicted octanol–water partition coefficient (Wildman–Crippen LogP) is 5.12. The Morgan fingerprint density at radius 3 is 2.00 bits per heavy atom. The van der Waals surface area contributed by atoms with Gasteiger partial charge in [-0.2, -0.15) is 0 Å². The van der Waals surface area contributed by atoms with E-state index in [0.717, 1.165) is 42.5 Å². The Balaban J connectivity index is 1.53. The Kier molecular flexibility index (Phi) is 5.22. The highest BCUT2D eigenvalue weighted by Crippen LogP contribution is 2.28. The molecule has 0 spiro atoms. The third-order valence-electron chi connectivity index (χ3n) is 4.96. The maximum atomic E-state index is 10.2. The number of rotatable bonds is 7. The van der Waals surface area contributed by atoms with Gasteiger partial charge in [-0.1, -0.05) is 66.7 Å². The van der Waals surface area contributed by atoms with Gasteiger partial charge in [-0.25, -0.2) is 0 Å². The lowest BCUT2D eigenvalue weighted by atomic mass is 10.1. The molecular formula is C24H24N2O. The van der Waals surface area contributed by atoms with Gasteiger partial charge in [0.25, 0.3) is 0 Å². The number of nitrogens with zero attached hydrogens (tertiary/aromatic N) is 1. The van der Waals surface area contributed by atoms with Crippen LogP contribution in [0.1, 0.15) is 16.7 Å². The van der Waals surface area contributed by atoms with Crippen molar-refractivity contribution in [3.8, 4) is 5.75 Å². The molecule has 4 rings (SSSR count). The third kappa shape index (κ3) is 4.21. The Bertz CT molecular complexity index is 951. The Labute approximate surface area is 159 Å². The van der Waals surface area contributed by atoms with Crippen molar-refractivity contribution >= 4 is 10.9 Å². The number of H-pyrrole nitrogens is 1. The third-order valence-corrected chi connectivity index (χ3v) is 4.96. The van der Waals surface area contributed by atoms with Crippen molar-refractivity contribution in [1.29, 1.82) is 0 Å². The number of aromatic nitrogens is 1. The summed E-state index contributed by atoms with van der Waals surface area (Å²) >= 11 is 0. The highest BCUT2D eigenvalue weighted by molar-refractivity contribution is 5.88. The fourth-order valence-electron chi connectivity index (χ4n) is 3.61. The van der Waals surface area contributed by atoms with E-state index in [2.05, 4.69) is 70.5 Å². The van der Waals surface area contributed by atoms with E-state index < -0.39 is 0 Å². The fourth-order valence-corrected chi connectivity index (χ4v) is 3.61. The van der Waals surface area contributed by atoms with Crippen molar-refractivity contribution in [3.63, 3.8) is 0 Å². The zero-order chi connectivity index (χ0) is 18.5. The topological polar surface area (TPSA) is 39.3 Å². The maximum absolute atomic E-state index is 10.2. The Hall–Kier alpha value is -3.04. The van der Waals surface area contributed by atoms with E-state index in [1.165, 1.54) is 11.1 Å². The van der Waals surface area contributed by atoms with E-state index in [0.29, 0.717) is 5.75 Å². The average molecular weight is 356 g/mol. The lowest BCUT2D eigenvalue weighted by Crippen LogP contribution is -2.25. The summed E-state index contributed by atoms with van der Waals surface area (Å²) in [6.07, 6.45) is 2.91. The van der Waals surface area contributed by atoms with E-state index in [1.807, 2.05) is 18.3 Å². The number of aromatic amines is 1. The SMILES string of the molecule is Oc1cccc2[nH]cc(CCN(Cc3ccccc3)Cc3ccccc3)c12. The first kappa shape index (κ1) is 17.4. The van der Waals surface area contributed by atoms with Gasteiger partial charge in [0.05, 0.1) is 0 Å². The number of aromatic hydroxyl groups is 1. The molecule has 3 heteroatoms. The molecule has 2 N–H and O–H groups in total. The predicted molar refractivity (Wildman–Crippen MR) is 111 cm³/mol. The van der Waals surface area contributed by atoms with Crippen molar-refractivity contribution in [1.82, 2.24) is 9.88 Å². The van der Waals surface area contributed by atoms with Gasteiger partial charge in [0.15, 0.2) is 0 Å². The summed E-state index contributed by atoms with van der Waals surface area (Å²) in [6, 6.07) is 26.8. The molecule has 0 atom stereocenters. The smallest absolute Gasteiger partial charge is 0.125 e. The Morgan fingerprint density at radius 1 is 0.741 bits per heavy atom. The van der Waals surface area contributed by atoms with Crippen LogP contribution in [0.3, 0.4) is 0 Å². The molecule has 27 heavy (non-hydrogen) atoms. The number of phenolic OH excluding ortho intramolecular Hbond substituents is 1. The summed E-state index contributed by atoms with van der Waals surface area (Å²) in [5, 5.41) is 11.2. The zero-order valence-electron chi connectivity index (χ0n) is 15.3. The molecule has 0 unspecified atom stereocenters. The van der Waals surface area contributed by atoms with E-state index in [1.54, 1.807) is 6.07 Å². The van der Waals surface area contributed by atoms with Crippen molar-refractivity contribution in [2.75, 3.05) is 6.54 Å². The van der Waals surface area contributed by atoms with Crippen LogP contribution in [-0.4, -0.2) is 21.5 Å². The second-order valence-electron chi connectivity index (χ2n) is 6.95. The molecule has 0 bridgehead atoms. The van der Waals surface area contributed by atoms with Crippen LogP contribution < -0.4 is 0 Å². The first-order chi connectivity index (χ1) is 13.3. The Morgan fingerprint density at radius 2 is 1.37 bits per heavy atom. The minimum Gasteiger partial charge on any atom is -0.507 e. The molecule has 0 amide bonds. The summed E-state index contributed by atoms with van der Waals surface area (Å²) in [7, 11) is 0. The van der Waals surface area contributed by atoms with Gasteiger partial charge in [-0.15, -0.1) is 0 Å². The number of fused-ring (bicyclic) bond motifs is 1. The van der Waals surface area contributed by atoms with Crippen LogP contribution in [0.15, 0.2) is 85.1 Å². The number of phenols is 1. The van der Waals surface area contributed by atoms with Crippen molar-refractivity contribution in [2.45, 2.75) is 19.5 Å². The standard InChI is InChI=1S/C24H24N2O/c27-23-13-7-12-22-24(23)21(16-25-22)14-15-26(17-19-8-3-1-4-9-19)18-20-10-5-2-6-11-20/h1-13,16,25,27H,14-15,17-18H2. The molecule has 4 aromatic rings. The van der Waals surface area contributed by atoms with Gasteiger partial charge in [-0.05, 0) is 35.2 Å². The van der Waals surface area contributed by atoms with Gasteiger partial charge >= 0.3 is 0 Å². The van der Waals surface area contributed by atoms with Crippen LogP contribution >= 0.6 is 0 Å². The molecule has 0 aliphatic carbocycles. The minimum absolute atomic E-state index is 0.349. The molecule has 0 saturated heterocycles. The molecule has 1 aromatic heterocycles. The quantitative estimate of drug-likeness (QED) is 0.482. The molecule has 3 aromatic carbocycles. The maximum Gasteiger partial charge on any atom is 0.125 e. The highest BCUT2D eigenvalue weighted by Gasteiger charge is 2.12. The van der Waals surface area contributed by atoms with Gasteiger partial charge in [0.2, 0.25) is 0 Å². The van der Waals surface area contributed by atoms with E-state index in [-0.39, 0.29) is 0 Å².